The number of rotatable bonds is 5. The van der Waals surface area contributed by atoms with Gasteiger partial charge in [0.05, 0.1) is 4.92 Å². The van der Waals surface area contributed by atoms with E-state index < -0.39 is 0 Å². The molecule has 90 valence electrons. The van der Waals surface area contributed by atoms with Crippen molar-refractivity contribution in [3.63, 3.8) is 0 Å². The second kappa shape index (κ2) is 3.91. The maximum atomic E-state index is 11.2. The summed E-state index contributed by atoms with van der Waals surface area (Å²) < 4.78 is 0. The maximum Gasteiger partial charge on any atom is 0.315 e. The molecule has 3 rings (SSSR count). The highest BCUT2D eigenvalue weighted by Crippen LogP contribution is 2.38. The van der Waals surface area contributed by atoms with Crippen molar-refractivity contribution in [1.29, 1.82) is 0 Å². The molecule has 2 aliphatic rings. The van der Waals surface area contributed by atoms with E-state index in [0.29, 0.717) is 23.5 Å². The van der Waals surface area contributed by atoms with Crippen molar-refractivity contribution in [1.82, 2.24) is 0 Å². The third-order valence-corrected chi connectivity index (χ3v) is 3.09. The van der Waals surface area contributed by atoms with Gasteiger partial charge in [-0.2, -0.15) is 0 Å². The van der Waals surface area contributed by atoms with Crippen molar-refractivity contribution >= 4 is 17.1 Å². The van der Waals surface area contributed by atoms with Gasteiger partial charge in [-0.25, -0.2) is 0 Å². The van der Waals surface area contributed by atoms with Crippen LogP contribution in [0.4, 0.5) is 17.1 Å². The lowest BCUT2D eigenvalue weighted by Gasteiger charge is -2.10. The van der Waals surface area contributed by atoms with Crippen LogP contribution >= 0.6 is 0 Å². The summed E-state index contributed by atoms with van der Waals surface area (Å²) in [6.45, 7) is 0. The number of benzene rings is 1. The quantitative estimate of drug-likeness (QED) is 0.606. The second-order valence-electron chi connectivity index (χ2n) is 4.80. The number of para-hydroxylation sites is 1. The van der Waals surface area contributed by atoms with Crippen LogP contribution in [0.2, 0.25) is 0 Å². The average Bonchev–Trinajstić information content (AvgIpc) is 3.12. The summed E-state index contributed by atoms with van der Waals surface area (Å²) in [5, 5.41) is 17.6. The lowest BCUT2D eigenvalue weighted by molar-refractivity contribution is -0.383. The zero-order valence-corrected chi connectivity index (χ0v) is 9.48. The second-order valence-corrected chi connectivity index (χ2v) is 4.80. The minimum Gasteiger partial charge on any atom is -0.377 e. The molecule has 2 saturated carbocycles. The Bertz CT molecular complexity index is 421. The van der Waals surface area contributed by atoms with Gasteiger partial charge in [0.15, 0.2) is 0 Å². The van der Waals surface area contributed by atoms with Gasteiger partial charge >= 0.3 is 5.69 Å². The molecule has 2 aliphatic carbocycles. The molecule has 0 bridgehead atoms. The van der Waals surface area contributed by atoms with Gasteiger partial charge in [-0.3, -0.25) is 10.1 Å². The molecular formula is C12H15N3O2. The fourth-order valence-corrected chi connectivity index (χ4v) is 1.87. The monoisotopic (exact) mass is 233 g/mol. The van der Waals surface area contributed by atoms with Crippen LogP contribution in [-0.4, -0.2) is 17.0 Å². The molecule has 0 amide bonds. The number of nitro benzene ring substituents is 1. The first-order chi connectivity index (χ1) is 8.24. The maximum absolute atomic E-state index is 11.2. The molecular weight excluding hydrogens is 218 g/mol. The number of nitrogens with one attached hydrogen (secondary N) is 2. The molecule has 1 aromatic carbocycles. The molecule has 2 N–H and O–H groups in total. The van der Waals surface area contributed by atoms with Crippen LogP contribution in [0.3, 0.4) is 0 Å². The van der Waals surface area contributed by atoms with Crippen LogP contribution in [0.15, 0.2) is 18.2 Å². The lowest BCUT2D eigenvalue weighted by atomic mass is 10.2. The Morgan fingerprint density at radius 3 is 1.88 bits per heavy atom. The van der Waals surface area contributed by atoms with E-state index in [9.17, 15) is 10.1 Å². The molecule has 17 heavy (non-hydrogen) atoms. The van der Waals surface area contributed by atoms with Crippen LogP contribution in [0.25, 0.3) is 0 Å². The number of nitrogens with zero attached hydrogens (tertiary/aromatic N) is 1. The van der Waals surface area contributed by atoms with Crippen LogP contribution in [-0.2, 0) is 0 Å². The van der Waals surface area contributed by atoms with Gasteiger partial charge < -0.3 is 10.6 Å². The average molecular weight is 233 g/mol. The number of hydrogen-bond acceptors (Lipinski definition) is 4. The molecule has 0 unspecified atom stereocenters. The van der Waals surface area contributed by atoms with Gasteiger partial charge in [0.1, 0.15) is 11.4 Å². The van der Waals surface area contributed by atoms with Crippen LogP contribution in [0.1, 0.15) is 25.7 Å². The summed E-state index contributed by atoms with van der Waals surface area (Å²) in [5.74, 6) is 0. The molecule has 5 heteroatoms. The van der Waals surface area contributed by atoms with Crippen molar-refractivity contribution in [3.05, 3.63) is 28.3 Å². The highest BCUT2D eigenvalue weighted by atomic mass is 16.6. The molecule has 2 fully saturated rings. The van der Waals surface area contributed by atoms with Crippen molar-refractivity contribution in [3.8, 4) is 0 Å². The van der Waals surface area contributed by atoms with E-state index in [2.05, 4.69) is 10.6 Å². The van der Waals surface area contributed by atoms with Crippen LogP contribution < -0.4 is 10.6 Å². The molecule has 0 heterocycles. The largest absolute Gasteiger partial charge is 0.377 e. The minimum atomic E-state index is -0.296. The predicted octanol–water partition coefficient (Wildman–Crippen LogP) is 2.74. The highest BCUT2D eigenvalue weighted by molar-refractivity contribution is 5.77. The zero-order valence-electron chi connectivity index (χ0n) is 9.48. The molecule has 0 radical (unpaired) electrons. The minimum absolute atomic E-state index is 0.186. The predicted molar refractivity (Wildman–Crippen MR) is 66.4 cm³/mol. The van der Waals surface area contributed by atoms with E-state index in [-0.39, 0.29) is 10.6 Å². The topological polar surface area (TPSA) is 67.2 Å². The van der Waals surface area contributed by atoms with E-state index in [1.165, 1.54) is 0 Å². The molecule has 0 spiro atoms. The number of anilines is 2. The zero-order chi connectivity index (χ0) is 11.8. The van der Waals surface area contributed by atoms with Crippen LogP contribution in [0.5, 0.6) is 0 Å². The van der Waals surface area contributed by atoms with Crippen molar-refractivity contribution in [2.75, 3.05) is 10.6 Å². The smallest absolute Gasteiger partial charge is 0.315 e. The summed E-state index contributed by atoms with van der Waals surface area (Å²) in [7, 11) is 0. The first kappa shape index (κ1) is 10.4. The van der Waals surface area contributed by atoms with Crippen molar-refractivity contribution < 1.29 is 4.92 Å². The third-order valence-electron chi connectivity index (χ3n) is 3.09. The van der Waals surface area contributed by atoms with Crippen molar-refractivity contribution in [2.45, 2.75) is 37.8 Å². The summed E-state index contributed by atoms with van der Waals surface area (Å²) in [6, 6.07) is 6.28. The van der Waals surface area contributed by atoms with Gasteiger partial charge in [0.2, 0.25) is 0 Å². The first-order valence-electron chi connectivity index (χ1n) is 6.04. The van der Waals surface area contributed by atoms with E-state index in [4.69, 9.17) is 0 Å². The van der Waals surface area contributed by atoms with Gasteiger partial charge in [0, 0.05) is 12.1 Å². The van der Waals surface area contributed by atoms with Gasteiger partial charge in [-0.1, -0.05) is 6.07 Å². The Labute approximate surface area is 99.4 Å². The Morgan fingerprint density at radius 1 is 1.06 bits per heavy atom. The highest BCUT2D eigenvalue weighted by Gasteiger charge is 2.29. The van der Waals surface area contributed by atoms with Crippen molar-refractivity contribution in [2.24, 2.45) is 0 Å². The third kappa shape index (κ3) is 2.33. The summed E-state index contributed by atoms with van der Waals surface area (Å²) in [4.78, 5) is 10.9. The number of hydrogen-bond donors (Lipinski definition) is 2. The SMILES string of the molecule is O=[N+]([O-])c1c(NC2CC2)cccc1NC1CC1. The molecule has 0 aliphatic heterocycles. The summed E-state index contributed by atoms with van der Waals surface area (Å²) in [6.07, 6.45) is 4.43. The molecule has 0 aromatic heterocycles. The Kier molecular flexibility index (Phi) is 2.39. The Balaban J connectivity index is 1.91. The Hall–Kier alpha value is -1.78. The fraction of sp³-hybridized carbons (Fsp3) is 0.500. The van der Waals surface area contributed by atoms with Gasteiger partial charge in [0.25, 0.3) is 0 Å². The van der Waals surface area contributed by atoms with Gasteiger partial charge in [-0.15, -0.1) is 0 Å². The molecule has 0 saturated heterocycles. The molecule has 0 atom stereocenters. The van der Waals surface area contributed by atoms with E-state index in [1.54, 1.807) is 12.1 Å². The van der Waals surface area contributed by atoms with E-state index in [1.807, 2.05) is 6.07 Å². The summed E-state index contributed by atoms with van der Waals surface area (Å²) in [5.41, 5.74) is 1.47. The van der Waals surface area contributed by atoms with E-state index >= 15 is 0 Å². The first-order valence-corrected chi connectivity index (χ1v) is 6.04. The molecule has 5 nitrogen and oxygen atoms in total. The fourth-order valence-electron chi connectivity index (χ4n) is 1.87. The Morgan fingerprint density at radius 2 is 1.53 bits per heavy atom. The van der Waals surface area contributed by atoms with Crippen LogP contribution in [0, 0.1) is 10.1 Å². The summed E-state index contributed by atoms with van der Waals surface area (Å²) >= 11 is 0. The van der Waals surface area contributed by atoms with E-state index in [0.717, 1.165) is 25.7 Å². The number of nitro groups is 1. The van der Waals surface area contributed by atoms with Gasteiger partial charge in [-0.05, 0) is 37.8 Å². The lowest BCUT2D eigenvalue weighted by Crippen LogP contribution is -2.08. The molecule has 1 aromatic rings. The normalized spacial score (nSPS) is 18.8. The standard InChI is InChI=1S/C12H15N3O2/c16-15(17)12-10(13-8-4-5-8)2-1-3-11(12)14-9-6-7-9/h1-3,8-9,13-14H,4-7H2.